The van der Waals surface area contributed by atoms with Crippen LogP contribution in [-0.4, -0.2) is 25.8 Å². The third-order valence-electron chi connectivity index (χ3n) is 4.04. The van der Waals surface area contributed by atoms with Gasteiger partial charge in [0.1, 0.15) is 11.4 Å². The molecule has 0 spiro atoms. The molecule has 1 aliphatic rings. The third kappa shape index (κ3) is 2.51. The molecule has 0 aromatic carbocycles. The van der Waals surface area contributed by atoms with E-state index in [0.717, 1.165) is 15.0 Å². The molecule has 3 heterocycles. The van der Waals surface area contributed by atoms with Crippen molar-refractivity contribution in [2.24, 2.45) is 0 Å². The van der Waals surface area contributed by atoms with Crippen molar-refractivity contribution in [2.45, 2.75) is 52.5 Å². The number of carboxylic acid groups (broad SMARTS) is 1. The Morgan fingerprint density at radius 1 is 1.35 bits per heavy atom. The highest BCUT2D eigenvalue weighted by atomic mass is 32.1. The lowest BCUT2D eigenvalue weighted by molar-refractivity contribution is -0.137. The van der Waals surface area contributed by atoms with Crippen LogP contribution in [0.5, 0.6) is 0 Å². The Morgan fingerprint density at radius 3 is 2.65 bits per heavy atom. The van der Waals surface area contributed by atoms with Crippen molar-refractivity contribution in [3.63, 3.8) is 0 Å². The first kappa shape index (κ1) is 15.9. The molecule has 0 saturated carbocycles. The normalized spacial score (nSPS) is 16.5. The number of aromatic nitrogens is 2. The van der Waals surface area contributed by atoms with Crippen LogP contribution in [0.2, 0.25) is 0 Å². The summed E-state index contributed by atoms with van der Waals surface area (Å²) in [5, 5.41) is 9.46. The summed E-state index contributed by atoms with van der Waals surface area (Å²) in [7, 11) is 0. The van der Waals surface area contributed by atoms with E-state index in [9.17, 15) is 14.4 Å². The number of carboxylic acids is 1. The van der Waals surface area contributed by atoms with E-state index < -0.39 is 29.4 Å². The highest BCUT2D eigenvalue weighted by molar-refractivity contribution is 7.18. The molecule has 0 fully saturated rings. The smallest absolute Gasteiger partial charge is 0.332 e. The predicted octanol–water partition coefficient (Wildman–Crippen LogP) is 1.18. The SMILES string of the molecule is CCn1c(=O)n(CC(=O)O)c(=O)c2c3c(sc21)COC(C)(C)C3. The van der Waals surface area contributed by atoms with E-state index in [2.05, 4.69) is 0 Å². The van der Waals surface area contributed by atoms with Crippen molar-refractivity contribution in [1.82, 2.24) is 9.13 Å². The van der Waals surface area contributed by atoms with Crippen LogP contribution < -0.4 is 11.2 Å². The number of carbonyl (C=O) groups is 1. The molecule has 0 atom stereocenters. The van der Waals surface area contributed by atoms with Gasteiger partial charge < -0.3 is 9.84 Å². The number of hydrogen-bond acceptors (Lipinski definition) is 5. The second-order valence-electron chi connectivity index (χ2n) is 6.22. The molecule has 2 aromatic heterocycles. The van der Waals surface area contributed by atoms with E-state index in [1.54, 1.807) is 6.92 Å². The number of aryl methyl sites for hydroxylation is 1. The quantitative estimate of drug-likeness (QED) is 0.907. The molecule has 2 aromatic rings. The zero-order valence-corrected chi connectivity index (χ0v) is 14.0. The molecule has 3 rings (SSSR count). The molecule has 1 N–H and O–H groups in total. The van der Waals surface area contributed by atoms with Gasteiger partial charge in [-0.2, -0.15) is 0 Å². The fraction of sp³-hybridized carbons (Fsp3) is 0.533. The van der Waals surface area contributed by atoms with Gasteiger partial charge in [-0.15, -0.1) is 11.3 Å². The molecule has 0 aliphatic carbocycles. The van der Waals surface area contributed by atoms with Gasteiger partial charge in [0.25, 0.3) is 5.56 Å². The minimum atomic E-state index is -1.21. The number of aliphatic carboxylic acids is 1. The molecule has 0 bridgehead atoms. The molecule has 7 nitrogen and oxygen atoms in total. The lowest BCUT2D eigenvalue weighted by Crippen LogP contribution is -2.41. The second-order valence-corrected chi connectivity index (χ2v) is 7.30. The van der Waals surface area contributed by atoms with E-state index >= 15 is 0 Å². The summed E-state index contributed by atoms with van der Waals surface area (Å²) < 4.78 is 8.06. The van der Waals surface area contributed by atoms with Crippen LogP contribution >= 0.6 is 11.3 Å². The van der Waals surface area contributed by atoms with E-state index in [0.29, 0.717) is 29.8 Å². The molecule has 1 aliphatic heterocycles. The first-order valence-corrected chi connectivity index (χ1v) is 8.20. The first-order chi connectivity index (χ1) is 10.7. The average molecular weight is 338 g/mol. The zero-order chi connectivity index (χ0) is 16.9. The van der Waals surface area contributed by atoms with Crippen molar-refractivity contribution < 1.29 is 14.6 Å². The molecule has 8 heteroatoms. The Hall–Kier alpha value is -1.93. The molecule has 0 saturated heterocycles. The molecule has 23 heavy (non-hydrogen) atoms. The van der Waals surface area contributed by atoms with Gasteiger partial charge in [-0.1, -0.05) is 0 Å². The maximum Gasteiger partial charge on any atom is 0.332 e. The van der Waals surface area contributed by atoms with Crippen LogP contribution in [0, 0.1) is 0 Å². The largest absolute Gasteiger partial charge is 0.480 e. The minimum absolute atomic E-state index is 0.374. The first-order valence-electron chi connectivity index (χ1n) is 7.39. The number of nitrogens with zero attached hydrogens (tertiary/aromatic N) is 2. The van der Waals surface area contributed by atoms with E-state index in [-0.39, 0.29) is 0 Å². The van der Waals surface area contributed by atoms with Gasteiger partial charge in [0.15, 0.2) is 0 Å². The Kier molecular flexibility index (Phi) is 3.68. The summed E-state index contributed by atoms with van der Waals surface area (Å²) in [6.07, 6.45) is 0.562. The van der Waals surface area contributed by atoms with Crippen molar-refractivity contribution in [1.29, 1.82) is 0 Å². The van der Waals surface area contributed by atoms with Crippen LogP contribution in [-0.2, 0) is 35.6 Å². The minimum Gasteiger partial charge on any atom is -0.480 e. The van der Waals surface area contributed by atoms with Crippen LogP contribution in [0.1, 0.15) is 31.2 Å². The van der Waals surface area contributed by atoms with E-state index in [1.807, 2.05) is 13.8 Å². The van der Waals surface area contributed by atoms with Crippen LogP contribution in [0.25, 0.3) is 10.2 Å². The zero-order valence-electron chi connectivity index (χ0n) is 13.2. The monoisotopic (exact) mass is 338 g/mol. The number of fused-ring (bicyclic) bond motifs is 3. The van der Waals surface area contributed by atoms with Gasteiger partial charge in [0.2, 0.25) is 0 Å². The van der Waals surface area contributed by atoms with Gasteiger partial charge in [-0.05, 0) is 26.3 Å². The Labute approximate surface area is 135 Å². The Balaban J connectivity index is 2.40. The van der Waals surface area contributed by atoms with Gasteiger partial charge in [0, 0.05) is 17.8 Å². The standard InChI is InChI=1S/C15H18N2O5S/c1-4-16-13-11(12(20)17(14(16)21)6-10(18)19)8-5-15(2,3)22-7-9(8)23-13/h4-7H2,1-3H3,(H,18,19). The molecular weight excluding hydrogens is 320 g/mol. The summed E-state index contributed by atoms with van der Waals surface area (Å²) in [6, 6.07) is 0. The fourth-order valence-corrected chi connectivity index (χ4v) is 4.24. The molecule has 0 unspecified atom stereocenters. The summed E-state index contributed by atoms with van der Waals surface area (Å²) in [5.41, 5.74) is -0.607. The maximum atomic E-state index is 12.7. The Morgan fingerprint density at radius 2 is 2.04 bits per heavy atom. The summed E-state index contributed by atoms with van der Waals surface area (Å²) in [6.45, 7) is 5.85. The van der Waals surface area contributed by atoms with Gasteiger partial charge in [-0.25, -0.2) is 9.36 Å². The summed E-state index contributed by atoms with van der Waals surface area (Å²) in [5.74, 6) is -1.21. The number of hydrogen-bond donors (Lipinski definition) is 1. The number of rotatable bonds is 3. The van der Waals surface area contributed by atoms with Gasteiger partial charge in [-0.3, -0.25) is 14.2 Å². The van der Waals surface area contributed by atoms with Crippen molar-refractivity contribution in [2.75, 3.05) is 0 Å². The average Bonchev–Trinajstić information content (AvgIpc) is 2.81. The summed E-state index contributed by atoms with van der Waals surface area (Å²) >= 11 is 1.38. The molecule has 124 valence electrons. The maximum absolute atomic E-state index is 12.7. The number of thiophene rings is 1. The lowest BCUT2D eigenvalue weighted by Gasteiger charge is -2.29. The van der Waals surface area contributed by atoms with E-state index in [4.69, 9.17) is 9.84 Å². The van der Waals surface area contributed by atoms with Crippen LogP contribution in [0.3, 0.4) is 0 Å². The highest BCUT2D eigenvalue weighted by Crippen LogP contribution is 2.37. The van der Waals surface area contributed by atoms with Crippen molar-refractivity contribution in [3.8, 4) is 0 Å². The topological polar surface area (TPSA) is 90.5 Å². The van der Waals surface area contributed by atoms with Crippen molar-refractivity contribution >= 4 is 27.5 Å². The van der Waals surface area contributed by atoms with Gasteiger partial charge >= 0.3 is 11.7 Å². The van der Waals surface area contributed by atoms with Crippen LogP contribution in [0.4, 0.5) is 0 Å². The lowest BCUT2D eigenvalue weighted by atomic mass is 9.94. The highest BCUT2D eigenvalue weighted by Gasteiger charge is 2.31. The van der Waals surface area contributed by atoms with Crippen LogP contribution in [0.15, 0.2) is 9.59 Å². The van der Waals surface area contributed by atoms with E-state index in [1.165, 1.54) is 15.9 Å². The second kappa shape index (κ2) is 5.31. The fourth-order valence-electron chi connectivity index (χ4n) is 2.96. The molecular formula is C15H18N2O5S. The Bertz CT molecular complexity index is 919. The third-order valence-corrected chi connectivity index (χ3v) is 5.27. The molecule has 0 radical (unpaired) electrons. The molecule has 0 amide bonds. The number of ether oxygens (including phenoxy) is 1. The predicted molar refractivity (Wildman–Crippen MR) is 86.2 cm³/mol. The summed E-state index contributed by atoms with van der Waals surface area (Å²) in [4.78, 5) is 37.8. The van der Waals surface area contributed by atoms with Gasteiger partial charge in [0.05, 0.1) is 17.6 Å². The van der Waals surface area contributed by atoms with Crippen molar-refractivity contribution in [3.05, 3.63) is 31.3 Å².